The molecule has 0 atom stereocenters. The minimum absolute atomic E-state index is 0. The monoisotopic (exact) mass is 1090 g/mol. The second-order valence-electron chi connectivity index (χ2n) is 8.73. The molecule has 0 bridgehead atoms. The summed E-state index contributed by atoms with van der Waals surface area (Å²) in [6.07, 6.45) is 16.4. The predicted molar refractivity (Wildman–Crippen MR) is 189 cm³/mol. The topological polar surface area (TPSA) is 234 Å². The summed E-state index contributed by atoms with van der Waals surface area (Å²) in [6.45, 7) is 15.8. The Bertz CT molecular complexity index is 1280. The van der Waals surface area contributed by atoms with Crippen LogP contribution in [0.1, 0.15) is 76.6 Å². The second kappa shape index (κ2) is 37.1. The van der Waals surface area contributed by atoms with E-state index in [1.807, 2.05) is 0 Å². The van der Waals surface area contributed by atoms with Crippen LogP contribution in [0.3, 0.4) is 0 Å². The van der Waals surface area contributed by atoms with Crippen molar-refractivity contribution in [2.45, 2.75) is 55.9 Å². The van der Waals surface area contributed by atoms with Crippen LogP contribution in [0.5, 0.6) is 0 Å². The number of ether oxygens (including phenoxy) is 1. The van der Waals surface area contributed by atoms with Crippen molar-refractivity contribution >= 4 is 27.8 Å². The van der Waals surface area contributed by atoms with Crippen LogP contribution in [-0.4, -0.2) is 112 Å². The number of carboxylic acids is 1. The van der Waals surface area contributed by atoms with E-state index < -0.39 is 5.97 Å². The minimum Gasteiger partial charge on any atom is -0.870 e. The van der Waals surface area contributed by atoms with Gasteiger partial charge in [0.05, 0.1) is 17.7 Å². The predicted octanol–water partition coefficient (Wildman–Crippen LogP) is 2.90. The van der Waals surface area contributed by atoms with Gasteiger partial charge in [-0.2, -0.15) is 0 Å². The molecule has 0 saturated heterocycles. The van der Waals surface area contributed by atoms with Gasteiger partial charge >= 0.3 is 75.6 Å². The third-order valence-electron chi connectivity index (χ3n) is 6.23. The van der Waals surface area contributed by atoms with E-state index in [9.17, 15) is 9.59 Å². The summed E-state index contributed by atoms with van der Waals surface area (Å²) in [7, 11) is 0.892. The molecule has 4 heterocycles. The molecule has 284 valence electrons. The number of carbonyl (C=O) groups is 2. The smallest absolute Gasteiger partial charge is 0.870 e. The number of nitrogens with zero attached hydrogens (tertiary/aromatic N) is 6. The number of hydrogen-bond donors (Lipinski definition) is 3. The van der Waals surface area contributed by atoms with Crippen LogP contribution in [0.25, 0.3) is 22.8 Å². The van der Waals surface area contributed by atoms with Gasteiger partial charge in [-0.1, -0.05) is 107 Å². The fourth-order valence-corrected chi connectivity index (χ4v) is 6.15. The van der Waals surface area contributed by atoms with Crippen LogP contribution in [-0.2, 0) is 49.5 Å². The van der Waals surface area contributed by atoms with Crippen molar-refractivity contribution in [3.05, 3.63) is 60.2 Å². The zero-order valence-corrected chi connectivity index (χ0v) is 35.3. The molecule has 0 amide bonds. The molecule has 0 aliphatic rings. The second-order valence-corrected chi connectivity index (χ2v) is 15.2. The summed E-state index contributed by atoms with van der Waals surface area (Å²) in [4.78, 5) is 29.9. The Hall–Kier alpha value is -1.62. The van der Waals surface area contributed by atoms with Crippen molar-refractivity contribution in [3.8, 4) is 22.8 Å². The van der Waals surface area contributed by atoms with E-state index in [2.05, 4.69) is 94.7 Å². The maximum Gasteiger partial charge on any atom is 1.00 e. The van der Waals surface area contributed by atoms with Gasteiger partial charge in [0.1, 0.15) is 0 Å². The minimum atomic E-state index is -1.00. The molecule has 0 fully saturated rings. The fourth-order valence-electron chi connectivity index (χ4n) is 3.47. The summed E-state index contributed by atoms with van der Waals surface area (Å²) in [5.41, 5.74) is 2.84. The van der Waals surface area contributed by atoms with Gasteiger partial charge in [-0.3, -0.25) is 10.2 Å². The van der Waals surface area contributed by atoms with Crippen molar-refractivity contribution in [2.24, 2.45) is 0 Å². The van der Waals surface area contributed by atoms with Crippen LogP contribution in [0.2, 0.25) is 0 Å². The molecule has 4 aromatic rings. The number of H-pyrrole nitrogens is 2. The van der Waals surface area contributed by atoms with Gasteiger partial charge < -0.3 is 30.8 Å². The van der Waals surface area contributed by atoms with E-state index in [0.717, 1.165) is 0 Å². The number of hydrogen-bond acceptors (Lipinski definition) is 10. The van der Waals surface area contributed by atoms with E-state index in [0.29, 0.717) is 50.8 Å². The molecule has 0 aliphatic carbocycles. The Labute approximate surface area is 342 Å². The zero-order chi connectivity index (χ0) is 32.7. The van der Waals surface area contributed by atoms with Crippen molar-refractivity contribution in [1.82, 2.24) is 40.8 Å². The van der Waals surface area contributed by atoms with E-state index in [1.54, 1.807) is 25.1 Å². The maximum atomic E-state index is 11.3. The van der Waals surface area contributed by atoms with Crippen molar-refractivity contribution in [2.75, 3.05) is 43.6 Å². The van der Waals surface area contributed by atoms with Crippen molar-refractivity contribution in [1.29, 1.82) is 0 Å². The largest absolute Gasteiger partial charge is 1.00 e. The third-order valence-corrected chi connectivity index (χ3v) is 11.6. The summed E-state index contributed by atoms with van der Waals surface area (Å²) >= 11 is 0. The molecule has 0 aromatic carbocycles. The Morgan fingerprint density at radius 3 is 1.30 bits per heavy atom. The summed E-state index contributed by atoms with van der Waals surface area (Å²) in [5, 5.41) is 27.8. The van der Waals surface area contributed by atoms with Gasteiger partial charge in [0.25, 0.3) is 0 Å². The molecule has 19 heteroatoms. The van der Waals surface area contributed by atoms with E-state index >= 15 is 0 Å². The Balaban J connectivity index is -0.000000132. The molecular formula is C31H51Au2LiN8O6P2. The van der Waals surface area contributed by atoms with Crippen LogP contribution in [0.15, 0.2) is 36.7 Å². The normalized spacial score (nSPS) is 8.90. The molecule has 14 nitrogen and oxygen atoms in total. The number of aromatic nitrogens is 8. The molecule has 0 saturated carbocycles. The van der Waals surface area contributed by atoms with Gasteiger partial charge in [-0.25, -0.2) is 19.8 Å². The first-order valence-electron chi connectivity index (χ1n) is 14.6. The molecule has 0 spiro atoms. The number of carboxylic acid groups (broad SMARTS) is 1. The molecule has 0 aliphatic heterocycles. The van der Waals surface area contributed by atoms with Crippen LogP contribution >= 0.6 is 15.8 Å². The first kappa shape index (κ1) is 60.5. The summed E-state index contributed by atoms with van der Waals surface area (Å²) < 4.78 is 4.84. The van der Waals surface area contributed by atoms with Gasteiger partial charge in [0.15, 0.2) is 0 Å². The molecule has 0 radical (unpaired) electrons. The van der Waals surface area contributed by atoms with E-state index in [-0.39, 0.29) is 93.5 Å². The Kier molecular flexibility index (Phi) is 44.9. The van der Waals surface area contributed by atoms with E-state index in [4.69, 9.17) is 9.84 Å². The molecule has 4 rings (SSSR count). The van der Waals surface area contributed by atoms with Gasteiger partial charge in [-0.05, 0) is 43.9 Å². The van der Waals surface area contributed by atoms with Crippen LogP contribution in [0.4, 0.5) is 0 Å². The third kappa shape index (κ3) is 23.8. The standard InChI is InChI=1S/C10H9N4O2.C8H5N4O2.2C6H15P.CH4.2Au.Li.2H2O/c1-2-16-10(15)7-3-4-8(11-5-7)9-6-12-14-13-9;13-8(14)5-1-2-6(9-3-5)7-4-10-12-11-7;2*1-4-7(5-2)6-3;;;;;;/h3-5H,2H2,1H3,(H,12,13,14);1-3H,(H,13,14)(H,10,11,12);2*4-6H2,1-3H3;1H4;;;;2*1H2/q2*-1;;;;3*+1;;/p-1. The average molecular weight is 1090 g/mol. The van der Waals surface area contributed by atoms with Crippen LogP contribution in [0, 0.1) is 12.4 Å². The van der Waals surface area contributed by atoms with Gasteiger partial charge in [0.2, 0.25) is 0 Å². The number of aromatic carboxylic acids is 1. The maximum absolute atomic E-state index is 11.3. The number of aromatic amines is 2. The van der Waals surface area contributed by atoms with Crippen molar-refractivity contribution < 1.29 is 94.0 Å². The van der Waals surface area contributed by atoms with Gasteiger partial charge in [0, 0.05) is 12.4 Å². The number of rotatable bonds is 11. The molecule has 4 aromatic heterocycles. The number of esters is 1. The molecule has 6 N–H and O–H groups in total. The van der Waals surface area contributed by atoms with E-state index in [1.165, 1.54) is 55.4 Å². The zero-order valence-electron chi connectivity index (χ0n) is 29.2. The Morgan fingerprint density at radius 1 is 0.720 bits per heavy atom. The fraction of sp³-hybridized carbons (Fsp3) is 0.484. The van der Waals surface area contributed by atoms with Crippen molar-refractivity contribution in [3.63, 3.8) is 0 Å². The number of carbonyl (C=O) groups excluding carboxylic acids is 1. The molecular weight excluding hydrogens is 1040 g/mol. The van der Waals surface area contributed by atoms with Crippen LogP contribution < -0.4 is 18.9 Å². The SMILES string of the molecule is C.CCOC(=O)c1ccc(-c2[c-]nn[nH]2)nc1.CCP(CC)CC.CCP(CC)CC.O.O=C(O)c1ccc(-c2[c-]nn[nH]2)nc1.[Au+].[Au+].[Li+].[OH-]. The average Bonchev–Trinajstić information content (AvgIpc) is 3.80. The Morgan fingerprint density at radius 2 is 1.08 bits per heavy atom. The number of pyridine rings is 2. The quantitative estimate of drug-likeness (QED) is 0.0856. The summed E-state index contributed by atoms with van der Waals surface area (Å²) in [6, 6.07) is 6.33. The summed E-state index contributed by atoms with van der Waals surface area (Å²) in [5.74, 6) is -1.39. The first-order valence-corrected chi connectivity index (χ1v) is 18.4. The molecule has 0 unspecified atom stereocenters. The molecule has 50 heavy (non-hydrogen) atoms. The first-order chi connectivity index (χ1) is 21.3. The van der Waals surface area contributed by atoms with Gasteiger partial charge in [-0.15, -0.1) is 28.0 Å². The number of nitrogens with one attached hydrogen (secondary N) is 2.